The molecule has 1 aromatic rings. The molecule has 2 rings (SSSR count). The van der Waals surface area contributed by atoms with E-state index in [4.69, 9.17) is 9.73 Å². The second-order valence-corrected chi connectivity index (χ2v) is 6.39. The standard InChI is InChI=1S/C18H28FN3O/c1-4-20-17(22-14(2)3)21-13-18(9-11-23-12-10-18)15-5-7-16(19)8-6-15/h5-8,14H,4,9-13H2,1-3H3,(H2,20,21,22). The van der Waals surface area contributed by atoms with Crippen molar-refractivity contribution < 1.29 is 9.13 Å². The van der Waals surface area contributed by atoms with Gasteiger partial charge in [0.2, 0.25) is 0 Å². The lowest BCUT2D eigenvalue weighted by Crippen LogP contribution is -2.43. The largest absolute Gasteiger partial charge is 0.381 e. The molecular formula is C18H28FN3O. The maximum Gasteiger partial charge on any atom is 0.191 e. The third-order valence-electron chi connectivity index (χ3n) is 4.22. The number of nitrogens with one attached hydrogen (secondary N) is 2. The summed E-state index contributed by atoms with van der Waals surface area (Å²) in [4.78, 5) is 4.79. The highest BCUT2D eigenvalue weighted by Crippen LogP contribution is 2.35. The molecule has 5 heteroatoms. The maximum atomic E-state index is 13.3. The summed E-state index contributed by atoms with van der Waals surface area (Å²) in [6.45, 7) is 9.19. The van der Waals surface area contributed by atoms with Gasteiger partial charge in [0.25, 0.3) is 0 Å². The molecule has 1 heterocycles. The van der Waals surface area contributed by atoms with Crippen LogP contribution in [0.1, 0.15) is 39.2 Å². The minimum Gasteiger partial charge on any atom is -0.381 e. The van der Waals surface area contributed by atoms with Crippen molar-refractivity contribution in [1.29, 1.82) is 0 Å². The first-order chi connectivity index (χ1) is 11.1. The molecule has 128 valence electrons. The van der Waals surface area contributed by atoms with Crippen molar-refractivity contribution in [2.45, 2.75) is 45.1 Å². The van der Waals surface area contributed by atoms with E-state index in [9.17, 15) is 4.39 Å². The molecule has 0 amide bonds. The Morgan fingerprint density at radius 2 is 1.91 bits per heavy atom. The van der Waals surface area contributed by atoms with E-state index in [2.05, 4.69) is 31.4 Å². The molecule has 23 heavy (non-hydrogen) atoms. The van der Waals surface area contributed by atoms with Gasteiger partial charge in [-0.15, -0.1) is 0 Å². The first-order valence-corrected chi connectivity index (χ1v) is 8.44. The average molecular weight is 321 g/mol. The summed E-state index contributed by atoms with van der Waals surface area (Å²) in [5.74, 6) is 0.629. The fraction of sp³-hybridized carbons (Fsp3) is 0.611. The van der Waals surface area contributed by atoms with E-state index in [1.807, 2.05) is 12.1 Å². The van der Waals surface area contributed by atoms with Crippen LogP contribution in [0.4, 0.5) is 4.39 Å². The van der Waals surface area contributed by atoms with Gasteiger partial charge in [0.05, 0.1) is 6.54 Å². The minimum atomic E-state index is -0.200. The van der Waals surface area contributed by atoms with E-state index >= 15 is 0 Å². The number of ether oxygens (including phenoxy) is 1. The van der Waals surface area contributed by atoms with Gasteiger partial charge in [-0.05, 0) is 51.3 Å². The third kappa shape index (κ3) is 4.93. The molecule has 1 aliphatic heterocycles. The van der Waals surface area contributed by atoms with Crippen LogP contribution in [0, 0.1) is 5.82 Å². The summed E-state index contributed by atoms with van der Waals surface area (Å²) in [5, 5.41) is 6.62. The van der Waals surface area contributed by atoms with Crippen molar-refractivity contribution >= 4 is 5.96 Å². The van der Waals surface area contributed by atoms with E-state index in [0.717, 1.165) is 44.1 Å². The predicted octanol–water partition coefficient (Wildman–Crippen LogP) is 2.84. The molecular weight excluding hydrogens is 293 g/mol. The molecule has 0 bridgehead atoms. The SMILES string of the molecule is CCNC(=NCC1(c2ccc(F)cc2)CCOCC1)NC(C)C. The van der Waals surface area contributed by atoms with E-state index < -0.39 is 0 Å². The molecule has 0 spiro atoms. The van der Waals surface area contributed by atoms with Crippen LogP contribution in [-0.2, 0) is 10.2 Å². The average Bonchev–Trinajstić information content (AvgIpc) is 2.54. The van der Waals surface area contributed by atoms with Gasteiger partial charge >= 0.3 is 0 Å². The zero-order valence-electron chi connectivity index (χ0n) is 14.4. The Bertz CT molecular complexity index is 508. The Morgan fingerprint density at radius 3 is 2.48 bits per heavy atom. The Balaban J connectivity index is 2.22. The van der Waals surface area contributed by atoms with Gasteiger partial charge in [0.15, 0.2) is 5.96 Å². The van der Waals surface area contributed by atoms with Gasteiger partial charge in [0, 0.05) is 31.2 Å². The van der Waals surface area contributed by atoms with Gasteiger partial charge in [-0.2, -0.15) is 0 Å². The smallest absolute Gasteiger partial charge is 0.191 e. The molecule has 0 radical (unpaired) electrons. The lowest BCUT2D eigenvalue weighted by molar-refractivity contribution is 0.0531. The van der Waals surface area contributed by atoms with Crippen LogP contribution >= 0.6 is 0 Å². The normalized spacial score (nSPS) is 18.0. The zero-order valence-corrected chi connectivity index (χ0v) is 14.4. The quantitative estimate of drug-likeness (QED) is 0.647. The van der Waals surface area contributed by atoms with Gasteiger partial charge in [-0.1, -0.05) is 12.1 Å². The maximum absolute atomic E-state index is 13.3. The first kappa shape index (κ1) is 17.7. The number of benzene rings is 1. The summed E-state index contributed by atoms with van der Waals surface area (Å²) < 4.78 is 18.8. The zero-order chi connectivity index (χ0) is 16.7. The van der Waals surface area contributed by atoms with Crippen LogP contribution < -0.4 is 10.6 Å². The predicted molar refractivity (Wildman–Crippen MR) is 92.4 cm³/mol. The summed E-state index contributed by atoms with van der Waals surface area (Å²) in [6, 6.07) is 7.17. The van der Waals surface area contributed by atoms with E-state index in [1.54, 1.807) is 0 Å². The highest BCUT2D eigenvalue weighted by Gasteiger charge is 2.34. The van der Waals surface area contributed by atoms with Crippen molar-refractivity contribution in [1.82, 2.24) is 10.6 Å². The number of rotatable bonds is 5. The molecule has 0 unspecified atom stereocenters. The number of aliphatic imine (C=N–C) groups is 1. The monoisotopic (exact) mass is 321 g/mol. The Morgan fingerprint density at radius 1 is 1.26 bits per heavy atom. The number of nitrogens with zero attached hydrogens (tertiary/aromatic N) is 1. The van der Waals surface area contributed by atoms with E-state index in [-0.39, 0.29) is 11.2 Å². The molecule has 0 aliphatic carbocycles. The Kier molecular flexibility index (Phi) is 6.39. The van der Waals surface area contributed by atoms with Crippen molar-refractivity contribution in [2.24, 2.45) is 4.99 Å². The first-order valence-electron chi connectivity index (χ1n) is 8.44. The summed E-state index contributed by atoms with van der Waals surface area (Å²) >= 11 is 0. The van der Waals surface area contributed by atoms with Crippen LogP contribution in [0.5, 0.6) is 0 Å². The number of hydrogen-bond acceptors (Lipinski definition) is 2. The lowest BCUT2D eigenvalue weighted by atomic mass is 9.74. The summed E-state index contributed by atoms with van der Waals surface area (Å²) in [6.07, 6.45) is 1.81. The molecule has 1 fully saturated rings. The molecule has 2 N–H and O–H groups in total. The fourth-order valence-corrected chi connectivity index (χ4v) is 2.93. The van der Waals surface area contributed by atoms with Crippen LogP contribution in [0.25, 0.3) is 0 Å². The van der Waals surface area contributed by atoms with Crippen LogP contribution in [0.3, 0.4) is 0 Å². The summed E-state index contributed by atoms with van der Waals surface area (Å²) in [5.41, 5.74) is 1.07. The van der Waals surface area contributed by atoms with Gasteiger partial charge in [-0.3, -0.25) is 4.99 Å². The number of guanidine groups is 1. The van der Waals surface area contributed by atoms with Gasteiger partial charge < -0.3 is 15.4 Å². The van der Waals surface area contributed by atoms with Crippen LogP contribution in [0.15, 0.2) is 29.3 Å². The molecule has 4 nitrogen and oxygen atoms in total. The van der Waals surface area contributed by atoms with Crippen molar-refractivity contribution in [3.8, 4) is 0 Å². The van der Waals surface area contributed by atoms with E-state index in [0.29, 0.717) is 12.6 Å². The second kappa shape index (κ2) is 8.29. The molecule has 1 aliphatic rings. The summed E-state index contributed by atoms with van der Waals surface area (Å²) in [7, 11) is 0. The molecule has 0 saturated carbocycles. The Labute approximate surface area is 138 Å². The van der Waals surface area contributed by atoms with Crippen molar-refractivity contribution in [2.75, 3.05) is 26.3 Å². The Hall–Kier alpha value is -1.62. The topological polar surface area (TPSA) is 45.7 Å². The molecule has 0 atom stereocenters. The van der Waals surface area contributed by atoms with Crippen molar-refractivity contribution in [3.63, 3.8) is 0 Å². The van der Waals surface area contributed by atoms with Crippen molar-refractivity contribution in [3.05, 3.63) is 35.6 Å². The fourth-order valence-electron chi connectivity index (χ4n) is 2.93. The van der Waals surface area contributed by atoms with Crippen LogP contribution in [-0.4, -0.2) is 38.3 Å². The van der Waals surface area contributed by atoms with Gasteiger partial charge in [-0.25, -0.2) is 4.39 Å². The molecule has 0 aromatic heterocycles. The third-order valence-corrected chi connectivity index (χ3v) is 4.22. The highest BCUT2D eigenvalue weighted by atomic mass is 19.1. The highest BCUT2D eigenvalue weighted by molar-refractivity contribution is 5.80. The number of hydrogen-bond donors (Lipinski definition) is 2. The number of halogens is 1. The van der Waals surface area contributed by atoms with Gasteiger partial charge in [0.1, 0.15) is 5.82 Å². The van der Waals surface area contributed by atoms with Crippen LogP contribution in [0.2, 0.25) is 0 Å². The second-order valence-electron chi connectivity index (χ2n) is 6.39. The lowest BCUT2D eigenvalue weighted by Gasteiger charge is -2.36. The molecule has 1 aromatic carbocycles. The minimum absolute atomic E-state index is 0.0781. The molecule has 1 saturated heterocycles. The van der Waals surface area contributed by atoms with E-state index in [1.165, 1.54) is 12.1 Å².